The van der Waals surface area contributed by atoms with Gasteiger partial charge in [-0.25, -0.2) is 4.68 Å². The molecule has 3 N–H and O–H groups in total. The van der Waals surface area contributed by atoms with E-state index in [4.69, 9.17) is 11.6 Å². The molecule has 0 unspecified atom stereocenters. The maximum atomic E-state index is 14.4. The summed E-state index contributed by atoms with van der Waals surface area (Å²) in [5.74, 6) is -1.69. The van der Waals surface area contributed by atoms with E-state index in [1.54, 1.807) is 31.9 Å². The highest BCUT2D eigenvalue weighted by molar-refractivity contribution is 7.17. The summed E-state index contributed by atoms with van der Waals surface area (Å²) in [6.07, 6.45) is 1.80. The topological polar surface area (TPSA) is 149 Å². The van der Waals surface area contributed by atoms with E-state index >= 15 is 0 Å². The van der Waals surface area contributed by atoms with Crippen molar-refractivity contribution in [3.63, 3.8) is 0 Å². The first-order chi connectivity index (χ1) is 31.4. The highest BCUT2D eigenvalue weighted by atomic mass is 35.5. The van der Waals surface area contributed by atoms with Gasteiger partial charge in [0, 0.05) is 75.3 Å². The van der Waals surface area contributed by atoms with Gasteiger partial charge in [0.2, 0.25) is 17.7 Å². The van der Waals surface area contributed by atoms with E-state index in [2.05, 4.69) is 53.6 Å². The number of alkyl halides is 3. The van der Waals surface area contributed by atoms with Crippen LogP contribution in [-0.4, -0.2) is 113 Å². The molecule has 4 aromatic rings. The Balaban J connectivity index is 0.0000101. The van der Waals surface area contributed by atoms with Crippen molar-refractivity contribution < 1.29 is 37.1 Å². The first-order valence-electron chi connectivity index (χ1n) is 22.7. The molecule has 372 valence electrons. The lowest BCUT2D eigenvalue weighted by molar-refractivity contribution is -0.137. The molecule has 0 saturated carbocycles. The van der Waals surface area contributed by atoms with E-state index in [-0.39, 0.29) is 59.8 Å². The third-order valence-electron chi connectivity index (χ3n) is 12.2. The van der Waals surface area contributed by atoms with Gasteiger partial charge >= 0.3 is 6.18 Å². The summed E-state index contributed by atoms with van der Waals surface area (Å²) in [6, 6.07) is 10.9. The minimum Gasteiger partial charge on any atom is -0.353 e. The van der Waals surface area contributed by atoms with Crippen LogP contribution in [0.4, 0.5) is 18.2 Å². The van der Waals surface area contributed by atoms with E-state index in [9.17, 15) is 37.1 Å². The number of rotatable bonds is 21. The predicted octanol–water partition coefficient (Wildman–Crippen LogP) is 8.83. The van der Waals surface area contributed by atoms with Crippen molar-refractivity contribution >= 4 is 69.8 Å². The number of benzene rings is 2. The first kappa shape index (κ1) is 55.8. The Morgan fingerprint density at radius 3 is 2.32 bits per heavy atom. The molecule has 0 aliphatic heterocycles. The Bertz CT molecular complexity index is 2430. The Hall–Kier alpha value is -4.81. The third kappa shape index (κ3) is 14.6. The van der Waals surface area contributed by atoms with Gasteiger partial charge in [-0.3, -0.25) is 28.9 Å². The van der Waals surface area contributed by atoms with Crippen LogP contribution in [0.15, 0.2) is 54.9 Å². The monoisotopic (exact) mass is 1000 g/mol. The molecule has 0 radical (unpaired) electrons. The van der Waals surface area contributed by atoms with Crippen LogP contribution in [0.5, 0.6) is 0 Å². The van der Waals surface area contributed by atoms with E-state index in [0.29, 0.717) is 61.7 Å². The second kappa shape index (κ2) is 23.7. The number of anilines is 1. The highest BCUT2D eigenvalue weighted by Crippen LogP contribution is 2.45. The van der Waals surface area contributed by atoms with Crippen molar-refractivity contribution in [3.8, 4) is 5.69 Å². The van der Waals surface area contributed by atoms with Gasteiger partial charge in [0.1, 0.15) is 10.5 Å². The standard InChI is InChI=1S/C49H64ClF3N8O5S.ClH/c1-10-34(11-2)60(24-23-59(9)41(63)18-17-40(62)57-48(5,6)46(66)54-21-22-58(7)8)29-31-13-12-14-32(25-31)44(65)56-45-42(36-19-20-47(3,4)27-39(36)67-45)43(64)33-28-55-61(30-33)35-15-16-38(50)37(26-35)49(51,52)53;/h12-16,25-26,28,30,34H,10-11,17-24,27,29H2,1-9H3,(H,54,66)(H,56,65)(H,57,62);1H. The van der Waals surface area contributed by atoms with E-state index in [0.717, 1.165) is 47.4 Å². The van der Waals surface area contributed by atoms with Crippen LogP contribution in [0.25, 0.3) is 5.69 Å². The second-order valence-electron chi connectivity index (χ2n) is 18.9. The summed E-state index contributed by atoms with van der Waals surface area (Å²) in [7, 11) is 5.51. The lowest BCUT2D eigenvalue weighted by atomic mass is 9.76. The summed E-state index contributed by atoms with van der Waals surface area (Å²) >= 11 is 7.22. The largest absolute Gasteiger partial charge is 0.417 e. The minimum atomic E-state index is -4.68. The number of fused-ring (bicyclic) bond motifs is 1. The van der Waals surface area contributed by atoms with Crippen LogP contribution in [0, 0.1) is 5.41 Å². The van der Waals surface area contributed by atoms with E-state index in [1.165, 1.54) is 34.5 Å². The van der Waals surface area contributed by atoms with Crippen molar-refractivity contribution in [2.24, 2.45) is 5.41 Å². The van der Waals surface area contributed by atoms with Crippen molar-refractivity contribution in [2.75, 3.05) is 52.6 Å². The second-order valence-corrected chi connectivity index (χ2v) is 20.4. The van der Waals surface area contributed by atoms with Crippen LogP contribution in [0.2, 0.25) is 5.02 Å². The van der Waals surface area contributed by atoms with Crippen molar-refractivity contribution in [1.82, 2.24) is 35.1 Å². The summed E-state index contributed by atoms with van der Waals surface area (Å²) in [6.45, 7) is 14.3. The lowest BCUT2D eigenvalue weighted by Crippen LogP contribution is -2.55. The number of hydrogen-bond donors (Lipinski definition) is 3. The maximum absolute atomic E-state index is 14.4. The number of carbonyl (C=O) groups is 5. The summed E-state index contributed by atoms with van der Waals surface area (Å²) in [5, 5.41) is 12.8. The number of aromatic nitrogens is 2. The number of ketones is 1. The number of amides is 4. The van der Waals surface area contributed by atoms with Gasteiger partial charge in [-0.2, -0.15) is 18.3 Å². The fourth-order valence-corrected chi connectivity index (χ4v) is 9.87. The van der Waals surface area contributed by atoms with E-state index in [1.807, 2.05) is 37.2 Å². The first-order valence-corrected chi connectivity index (χ1v) is 23.9. The molecule has 0 saturated heterocycles. The molecular weight excluding hydrogens is 941 g/mol. The molecule has 2 heterocycles. The molecule has 13 nitrogen and oxygen atoms in total. The molecule has 2 aromatic carbocycles. The Morgan fingerprint density at radius 2 is 1.66 bits per heavy atom. The number of nitrogens with zero attached hydrogens (tertiary/aromatic N) is 5. The number of hydrogen-bond acceptors (Lipinski definition) is 9. The average molecular weight is 1010 g/mol. The fraction of sp³-hybridized carbons (Fsp3) is 0.510. The van der Waals surface area contributed by atoms with Crippen LogP contribution in [0.3, 0.4) is 0 Å². The molecule has 2 aromatic heterocycles. The molecular formula is C49H65Cl2F3N8O5S. The van der Waals surface area contributed by atoms with Gasteiger partial charge in [-0.05, 0) is 107 Å². The van der Waals surface area contributed by atoms with Crippen LogP contribution < -0.4 is 16.0 Å². The Labute approximate surface area is 412 Å². The maximum Gasteiger partial charge on any atom is 0.417 e. The van der Waals surface area contributed by atoms with Gasteiger partial charge in [-0.1, -0.05) is 51.4 Å². The van der Waals surface area contributed by atoms with Gasteiger partial charge in [0.25, 0.3) is 5.91 Å². The van der Waals surface area contributed by atoms with Gasteiger partial charge < -0.3 is 25.8 Å². The number of halogens is 5. The van der Waals surface area contributed by atoms with Crippen molar-refractivity contribution in [2.45, 2.75) is 111 Å². The summed E-state index contributed by atoms with van der Waals surface area (Å²) in [4.78, 5) is 74.0. The van der Waals surface area contributed by atoms with Crippen molar-refractivity contribution in [3.05, 3.63) is 98.1 Å². The molecule has 68 heavy (non-hydrogen) atoms. The predicted molar refractivity (Wildman–Crippen MR) is 264 cm³/mol. The number of nitrogens with one attached hydrogen (secondary N) is 3. The molecule has 0 bridgehead atoms. The zero-order valence-electron chi connectivity index (χ0n) is 40.4. The molecule has 19 heteroatoms. The van der Waals surface area contributed by atoms with E-state index < -0.39 is 39.9 Å². The molecule has 5 rings (SSSR count). The molecule has 0 spiro atoms. The molecule has 4 amide bonds. The van der Waals surface area contributed by atoms with Gasteiger partial charge in [0.15, 0.2) is 5.78 Å². The number of thiophene rings is 1. The van der Waals surface area contributed by atoms with Crippen LogP contribution in [0.1, 0.15) is 121 Å². The Kier molecular flexibility index (Phi) is 19.4. The fourth-order valence-electron chi connectivity index (χ4n) is 8.15. The molecule has 1 aliphatic carbocycles. The quantitative estimate of drug-likeness (QED) is 0.0702. The highest BCUT2D eigenvalue weighted by Gasteiger charge is 2.36. The lowest BCUT2D eigenvalue weighted by Gasteiger charge is -2.32. The SMILES string of the molecule is CCC(CC)N(CCN(C)C(=O)CCC(=O)NC(C)(C)C(=O)NCCN(C)C)Cc1cccc(C(=O)Nc2sc3c(c2C(=O)c2cnn(-c4ccc(Cl)c(C(F)(F)F)c4)c2)CCC(C)(C)C3)c1.Cl. The zero-order valence-corrected chi connectivity index (χ0v) is 42.8. The summed E-state index contributed by atoms with van der Waals surface area (Å²) in [5.41, 5.74) is 0.538. The minimum absolute atomic E-state index is 0. The molecule has 1 aliphatic rings. The smallest absolute Gasteiger partial charge is 0.353 e. The zero-order chi connectivity index (χ0) is 49.4. The Morgan fingerprint density at radius 1 is 0.956 bits per heavy atom. The summed E-state index contributed by atoms with van der Waals surface area (Å²) < 4.78 is 42.2. The number of carbonyl (C=O) groups excluding carboxylic acids is 5. The third-order valence-corrected chi connectivity index (χ3v) is 13.7. The van der Waals surface area contributed by atoms with Gasteiger partial charge in [-0.15, -0.1) is 23.7 Å². The molecule has 0 atom stereocenters. The van der Waals surface area contributed by atoms with Crippen LogP contribution in [-0.2, 0) is 39.9 Å². The van der Waals surface area contributed by atoms with Gasteiger partial charge in [0.05, 0.1) is 33.6 Å². The van der Waals surface area contributed by atoms with Crippen LogP contribution >= 0.6 is 35.3 Å². The molecule has 0 fully saturated rings. The normalized spacial score (nSPS) is 13.5. The average Bonchev–Trinajstić information content (AvgIpc) is 3.89. The number of likely N-dealkylation sites (N-methyl/N-ethyl adjacent to an activating group) is 2. The van der Waals surface area contributed by atoms with Crippen molar-refractivity contribution in [1.29, 1.82) is 0 Å².